The van der Waals surface area contributed by atoms with Crippen molar-refractivity contribution >= 4 is 5.91 Å². The summed E-state index contributed by atoms with van der Waals surface area (Å²) >= 11 is 0. The molecule has 0 N–H and O–H groups in total. The van der Waals surface area contributed by atoms with Crippen molar-refractivity contribution in [2.45, 2.75) is 31.7 Å². The first-order valence-corrected chi connectivity index (χ1v) is 10.9. The van der Waals surface area contributed by atoms with E-state index in [1.165, 1.54) is 5.56 Å². The number of pyridine rings is 1. The molecule has 0 unspecified atom stereocenters. The van der Waals surface area contributed by atoms with Gasteiger partial charge >= 0.3 is 0 Å². The Balaban J connectivity index is 1.35. The molecule has 7 heteroatoms. The van der Waals surface area contributed by atoms with Crippen molar-refractivity contribution < 1.29 is 9.21 Å². The number of aromatic nitrogens is 3. The van der Waals surface area contributed by atoms with Gasteiger partial charge in [-0.3, -0.25) is 14.7 Å². The zero-order valence-electron chi connectivity index (χ0n) is 17.8. The van der Waals surface area contributed by atoms with E-state index < -0.39 is 0 Å². The molecule has 3 aromatic rings. The van der Waals surface area contributed by atoms with E-state index in [0.717, 1.165) is 37.5 Å². The Kier molecular flexibility index (Phi) is 5.28. The van der Waals surface area contributed by atoms with E-state index in [0.29, 0.717) is 25.4 Å². The highest BCUT2D eigenvalue weighted by atomic mass is 16.4. The van der Waals surface area contributed by atoms with Crippen LogP contribution in [-0.4, -0.2) is 57.1 Å². The number of hydrogen-bond acceptors (Lipinski definition) is 6. The SMILES string of the molecule is Cc1nnc([C@]23CCN(C(=O)Cc4cccnc4)C[C@H]2CN(Cc2ccccc2)C3)o1. The number of carbonyl (C=O) groups is 1. The number of fused-ring (bicyclic) bond motifs is 1. The van der Waals surface area contributed by atoms with Gasteiger partial charge in [0, 0.05) is 58.0 Å². The van der Waals surface area contributed by atoms with Gasteiger partial charge < -0.3 is 9.32 Å². The normalized spacial score (nSPS) is 23.6. The predicted molar refractivity (Wildman–Crippen MR) is 115 cm³/mol. The van der Waals surface area contributed by atoms with Crippen LogP contribution in [0.4, 0.5) is 0 Å². The fraction of sp³-hybridized carbons (Fsp3) is 0.417. The number of piperidine rings is 1. The third-order valence-electron chi connectivity index (χ3n) is 6.67. The van der Waals surface area contributed by atoms with Gasteiger partial charge in [0.2, 0.25) is 17.7 Å². The largest absolute Gasteiger partial charge is 0.425 e. The molecule has 0 spiro atoms. The minimum atomic E-state index is -0.193. The van der Waals surface area contributed by atoms with Gasteiger partial charge in [0.25, 0.3) is 0 Å². The molecule has 1 amide bonds. The number of hydrogen-bond donors (Lipinski definition) is 0. The molecule has 2 aromatic heterocycles. The van der Waals surface area contributed by atoms with E-state index in [2.05, 4.69) is 44.3 Å². The smallest absolute Gasteiger partial charge is 0.227 e. The second-order valence-corrected chi connectivity index (χ2v) is 8.76. The first-order chi connectivity index (χ1) is 15.1. The second kappa shape index (κ2) is 8.23. The zero-order valence-corrected chi connectivity index (χ0v) is 17.8. The molecule has 0 radical (unpaired) electrons. The van der Waals surface area contributed by atoms with E-state index in [4.69, 9.17) is 4.42 Å². The number of rotatable bonds is 5. The molecule has 4 heterocycles. The Morgan fingerprint density at radius 1 is 1.13 bits per heavy atom. The van der Waals surface area contributed by atoms with Crippen molar-refractivity contribution in [3.63, 3.8) is 0 Å². The van der Waals surface area contributed by atoms with Gasteiger partial charge in [-0.2, -0.15) is 0 Å². The van der Waals surface area contributed by atoms with Gasteiger partial charge in [0.15, 0.2) is 0 Å². The first kappa shape index (κ1) is 19.9. The van der Waals surface area contributed by atoms with Crippen molar-refractivity contribution in [2.24, 2.45) is 5.92 Å². The molecule has 5 rings (SSSR count). The molecule has 31 heavy (non-hydrogen) atoms. The minimum absolute atomic E-state index is 0.157. The molecule has 1 aromatic carbocycles. The molecule has 2 aliphatic rings. The number of nitrogens with zero attached hydrogens (tertiary/aromatic N) is 5. The summed E-state index contributed by atoms with van der Waals surface area (Å²) in [5.41, 5.74) is 2.05. The summed E-state index contributed by atoms with van der Waals surface area (Å²) in [5, 5.41) is 8.54. The van der Waals surface area contributed by atoms with Crippen molar-refractivity contribution in [1.29, 1.82) is 0 Å². The van der Waals surface area contributed by atoms with Crippen LogP contribution in [-0.2, 0) is 23.2 Å². The summed E-state index contributed by atoms with van der Waals surface area (Å²) in [4.78, 5) is 21.6. The van der Waals surface area contributed by atoms with Gasteiger partial charge in [-0.25, -0.2) is 0 Å². The van der Waals surface area contributed by atoms with Gasteiger partial charge in [-0.15, -0.1) is 10.2 Å². The van der Waals surface area contributed by atoms with Crippen molar-refractivity contribution in [1.82, 2.24) is 25.0 Å². The average Bonchev–Trinajstić information content (AvgIpc) is 3.38. The standard InChI is InChI=1S/C24H27N5O2/c1-18-26-27-23(31-18)24-9-11-29(22(30)12-20-8-5-10-25-13-20)16-21(24)15-28(17-24)14-19-6-3-2-4-7-19/h2-8,10,13,21H,9,11-12,14-17H2,1H3/t21-,24+/m1/s1. The maximum atomic E-state index is 13.0. The number of amides is 1. The average molecular weight is 418 g/mol. The Labute approximate surface area is 182 Å². The van der Waals surface area contributed by atoms with Gasteiger partial charge in [-0.05, 0) is 23.6 Å². The van der Waals surface area contributed by atoms with Crippen molar-refractivity contribution in [3.05, 3.63) is 77.8 Å². The summed E-state index contributed by atoms with van der Waals surface area (Å²) in [5.74, 6) is 1.75. The molecular weight excluding hydrogens is 390 g/mol. The monoisotopic (exact) mass is 417 g/mol. The van der Waals surface area contributed by atoms with Crippen molar-refractivity contribution in [2.75, 3.05) is 26.2 Å². The van der Waals surface area contributed by atoms with Crippen LogP contribution < -0.4 is 0 Å². The highest BCUT2D eigenvalue weighted by Crippen LogP contribution is 2.45. The molecule has 0 saturated carbocycles. The lowest BCUT2D eigenvalue weighted by molar-refractivity contribution is -0.133. The molecule has 2 aliphatic heterocycles. The fourth-order valence-electron chi connectivity index (χ4n) is 5.11. The van der Waals surface area contributed by atoms with Gasteiger partial charge in [0.1, 0.15) is 0 Å². The number of likely N-dealkylation sites (tertiary alicyclic amines) is 2. The number of carbonyl (C=O) groups excluding carboxylic acids is 1. The summed E-state index contributed by atoms with van der Waals surface area (Å²) in [6.07, 6.45) is 4.73. The van der Waals surface area contributed by atoms with Crippen LogP contribution in [0.15, 0.2) is 59.3 Å². The predicted octanol–water partition coefficient (Wildman–Crippen LogP) is 2.62. The fourth-order valence-corrected chi connectivity index (χ4v) is 5.11. The summed E-state index contributed by atoms with van der Waals surface area (Å²) in [7, 11) is 0. The summed E-state index contributed by atoms with van der Waals surface area (Å²) in [6.45, 7) is 5.93. The third kappa shape index (κ3) is 3.97. The maximum absolute atomic E-state index is 13.0. The number of aryl methyl sites for hydroxylation is 1. The molecule has 0 bridgehead atoms. The Morgan fingerprint density at radius 2 is 1.97 bits per heavy atom. The molecule has 2 saturated heterocycles. The lowest BCUT2D eigenvalue weighted by atomic mass is 9.72. The maximum Gasteiger partial charge on any atom is 0.227 e. The third-order valence-corrected chi connectivity index (χ3v) is 6.67. The van der Waals surface area contributed by atoms with E-state index >= 15 is 0 Å². The molecular formula is C24H27N5O2. The van der Waals surface area contributed by atoms with Crippen molar-refractivity contribution in [3.8, 4) is 0 Å². The first-order valence-electron chi connectivity index (χ1n) is 10.9. The lowest BCUT2D eigenvalue weighted by Crippen LogP contribution is -2.51. The van der Waals surface area contributed by atoms with Gasteiger partial charge in [0.05, 0.1) is 11.8 Å². The quantitative estimate of drug-likeness (QED) is 0.635. The van der Waals surface area contributed by atoms with Crippen LogP contribution in [0.5, 0.6) is 0 Å². The Bertz CT molecular complexity index is 1040. The molecule has 7 nitrogen and oxygen atoms in total. The van der Waals surface area contributed by atoms with E-state index in [9.17, 15) is 4.79 Å². The van der Waals surface area contributed by atoms with E-state index in [-0.39, 0.29) is 17.2 Å². The molecule has 2 fully saturated rings. The van der Waals surface area contributed by atoms with E-state index in [1.807, 2.05) is 30.0 Å². The minimum Gasteiger partial charge on any atom is -0.425 e. The van der Waals surface area contributed by atoms with Gasteiger partial charge in [-0.1, -0.05) is 36.4 Å². The van der Waals surface area contributed by atoms with Crippen LogP contribution in [0.2, 0.25) is 0 Å². The van der Waals surface area contributed by atoms with Crippen LogP contribution in [0, 0.1) is 12.8 Å². The highest BCUT2D eigenvalue weighted by molar-refractivity contribution is 5.78. The van der Waals surface area contributed by atoms with E-state index in [1.54, 1.807) is 12.4 Å². The Hall–Kier alpha value is -3.06. The molecule has 2 atom stereocenters. The topological polar surface area (TPSA) is 75.4 Å². The number of benzene rings is 1. The highest BCUT2D eigenvalue weighted by Gasteiger charge is 2.54. The van der Waals surface area contributed by atoms with Crippen LogP contribution in [0.1, 0.15) is 29.3 Å². The summed E-state index contributed by atoms with van der Waals surface area (Å²) in [6, 6.07) is 14.4. The second-order valence-electron chi connectivity index (χ2n) is 8.76. The zero-order chi connectivity index (χ0) is 21.3. The Morgan fingerprint density at radius 3 is 2.71 bits per heavy atom. The summed E-state index contributed by atoms with van der Waals surface area (Å²) < 4.78 is 5.96. The molecule has 160 valence electrons. The van der Waals surface area contributed by atoms with Crippen LogP contribution in [0.25, 0.3) is 0 Å². The lowest BCUT2D eigenvalue weighted by Gasteiger charge is -2.41. The van der Waals surface area contributed by atoms with Crippen LogP contribution >= 0.6 is 0 Å². The molecule has 0 aliphatic carbocycles. The van der Waals surface area contributed by atoms with Crippen LogP contribution in [0.3, 0.4) is 0 Å².